The molecular weight excluding hydrogens is 318 g/mol. The van der Waals surface area contributed by atoms with Crippen LogP contribution >= 0.6 is 11.6 Å². The van der Waals surface area contributed by atoms with Crippen molar-refractivity contribution in [2.75, 3.05) is 20.3 Å². The monoisotopic (exact) mass is 339 g/mol. The number of nitro groups is 1. The Kier molecular flexibility index (Phi) is 5.11. The topological polar surface area (TPSA) is 74.5 Å². The van der Waals surface area contributed by atoms with E-state index >= 15 is 0 Å². The molecule has 2 rings (SSSR count). The van der Waals surface area contributed by atoms with Crippen molar-refractivity contribution in [3.05, 3.63) is 50.7 Å². The molecule has 1 aliphatic heterocycles. The summed E-state index contributed by atoms with van der Waals surface area (Å²) in [6.07, 6.45) is 1.66. The number of nitrogens with zero attached hydrogens (tertiary/aromatic N) is 4. The van der Waals surface area contributed by atoms with Crippen molar-refractivity contribution in [1.29, 1.82) is 0 Å². The van der Waals surface area contributed by atoms with Crippen LogP contribution in [0.1, 0.15) is 26.3 Å². The summed E-state index contributed by atoms with van der Waals surface area (Å²) in [4.78, 5) is 19.1. The predicted molar refractivity (Wildman–Crippen MR) is 89.2 cm³/mol. The summed E-state index contributed by atoms with van der Waals surface area (Å²) in [6, 6.07) is 3.55. The maximum Gasteiger partial charge on any atom is 0.299 e. The van der Waals surface area contributed by atoms with E-state index in [9.17, 15) is 10.1 Å². The van der Waals surface area contributed by atoms with Crippen molar-refractivity contribution in [2.45, 2.75) is 32.9 Å². The largest absolute Gasteiger partial charge is 0.362 e. The first kappa shape index (κ1) is 17.5. The third kappa shape index (κ3) is 4.33. The van der Waals surface area contributed by atoms with Crippen molar-refractivity contribution >= 4 is 11.6 Å². The van der Waals surface area contributed by atoms with Gasteiger partial charge in [-0.15, -0.1) is 0 Å². The molecule has 0 radical (unpaired) electrons. The van der Waals surface area contributed by atoms with Gasteiger partial charge in [0.2, 0.25) is 0 Å². The molecule has 0 saturated heterocycles. The van der Waals surface area contributed by atoms with Gasteiger partial charge >= 0.3 is 0 Å². The molecule has 0 bridgehead atoms. The molecule has 0 atom stereocenters. The molecular formula is C15H22ClN5O2. The van der Waals surface area contributed by atoms with E-state index in [0.717, 1.165) is 5.56 Å². The summed E-state index contributed by atoms with van der Waals surface area (Å²) in [5.41, 5.74) is 0.952. The van der Waals surface area contributed by atoms with E-state index in [1.807, 2.05) is 18.0 Å². The van der Waals surface area contributed by atoms with Crippen LogP contribution in [0, 0.1) is 10.1 Å². The zero-order chi connectivity index (χ0) is 17.2. The first-order chi connectivity index (χ1) is 10.7. The molecule has 0 amide bonds. The second kappa shape index (κ2) is 6.72. The molecule has 0 unspecified atom stereocenters. The Morgan fingerprint density at radius 1 is 1.43 bits per heavy atom. The zero-order valence-corrected chi connectivity index (χ0v) is 14.6. The van der Waals surface area contributed by atoms with Crippen LogP contribution in [0.5, 0.6) is 0 Å². The summed E-state index contributed by atoms with van der Waals surface area (Å²) in [7, 11) is 1.85. The Labute approximate surface area is 141 Å². The number of hydrogen-bond acceptors (Lipinski definition) is 6. The quantitative estimate of drug-likeness (QED) is 0.515. The van der Waals surface area contributed by atoms with Gasteiger partial charge in [-0.25, -0.2) is 4.98 Å². The summed E-state index contributed by atoms with van der Waals surface area (Å²) in [5.74, 6) is 0.547. The lowest BCUT2D eigenvalue weighted by Crippen LogP contribution is -2.53. The van der Waals surface area contributed by atoms with Crippen molar-refractivity contribution in [3.8, 4) is 0 Å². The van der Waals surface area contributed by atoms with Gasteiger partial charge in [-0.1, -0.05) is 17.7 Å². The molecule has 7 nitrogen and oxygen atoms in total. The number of halogens is 1. The molecule has 1 N–H and O–H groups in total. The van der Waals surface area contributed by atoms with Crippen LogP contribution in [0.3, 0.4) is 0 Å². The molecule has 0 aliphatic carbocycles. The van der Waals surface area contributed by atoms with Crippen LogP contribution < -0.4 is 5.32 Å². The van der Waals surface area contributed by atoms with Crippen molar-refractivity contribution in [1.82, 2.24) is 20.1 Å². The molecule has 1 aromatic heterocycles. The highest BCUT2D eigenvalue weighted by Crippen LogP contribution is 2.23. The highest BCUT2D eigenvalue weighted by molar-refractivity contribution is 6.29. The smallest absolute Gasteiger partial charge is 0.299 e. The van der Waals surface area contributed by atoms with Crippen LogP contribution in [0.4, 0.5) is 0 Å². The summed E-state index contributed by atoms with van der Waals surface area (Å²) in [5, 5.41) is 15.1. The SMILES string of the molecule is CN1CN(C(C)(C)C)CC([N+](=O)[O-])=C1NCc1ccc(Cl)nc1. The standard InChI is InChI=1S/C15H22ClN5O2/c1-15(2,3)20-9-12(21(22)23)14(19(4)10-20)18-8-11-5-6-13(16)17-7-11/h5-7,18H,8-10H2,1-4H3. The molecule has 0 aromatic carbocycles. The van der Waals surface area contributed by atoms with Gasteiger partial charge in [-0.05, 0) is 32.4 Å². The highest BCUT2D eigenvalue weighted by Gasteiger charge is 2.35. The van der Waals surface area contributed by atoms with Crippen LogP contribution in [0.15, 0.2) is 29.8 Å². The lowest BCUT2D eigenvalue weighted by atomic mass is 10.1. The van der Waals surface area contributed by atoms with Gasteiger partial charge in [0.1, 0.15) is 5.15 Å². The fourth-order valence-corrected chi connectivity index (χ4v) is 2.49. The number of pyridine rings is 1. The maximum atomic E-state index is 11.5. The first-order valence-corrected chi connectivity index (χ1v) is 7.74. The highest BCUT2D eigenvalue weighted by atomic mass is 35.5. The van der Waals surface area contributed by atoms with Crippen LogP contribution in [-0.4, -0.2) is 45.5 Å². The number of rotatable bonds is 4. The van der Waals surface area contributed by atoms with Crippen LogP contribution in [-0.2, 0) is 6.54 Å². The second-order valence-corrected chi connectivity index (χ2v) is 6.99. The van der Waals surface area contributed by atoms with E-state index < -0.39 is 0 Å². The molecule has 0 spiro atoms. The molecule has 126 valence electrons. The van der Waals surface area contributed by atoms with Gasteiger partial charge in [-0.3, -0.25) is 15.0 Å². The first-order valence-electron chi connectivity index (χ1n) is 7.36. The normalized spacial score (nSPS) is 16.7. The molecule has 0 saturated carbocycles. The molecule has 23 heavy (non-hydrogen) atoms. The van der Waals surface area contributed by atoms with E-state index in [0.29, 0.717) is 30.7 Å². The van der Waals surface area contributed by atoms with Crippen LogP contribution in [0.25, 0.3) is 0 Å². The Hall–Kier alpha value is -1.86. The fraction of sp³-hybridized carbons (Fsp3) is 0.533. The molecule has 2 heterocycles. The van der Waals surface area contributed by atoms with E-state index in [1.165, 1.54) is 0 Å². The van der Waals surface area contributed by atoms with Crippen LogP contribution in [0.2, 0.25) is 5.15 Å². The van der Waals surface area contributed by atoms with Gasteiger partial charge in [0.05, 0.1) is 18.1 Å². The zero-order valence-electron chi connectivity index (χ0n) is 13.8. The Bertz CT molecular complexity index is 609. The van der Waals surface area contributed by atoms with Crippen molar-refractivity contribution in [2.24, 2.45) is 0 Å². The van der Waals surface area contributed by atoms with E-state index in [-0.39, 0.29) is 16.2 Å². The van der Waals surface area contributed by atoms with Crippen molar-refractivity contribution < 1.29 is 4.92 Å². The van der Waals surface area contributed by atoms with Gasteiger partial charge in [0.15, 0.2) is 5.82 Å². The minimum Gasteiger partial charge on any atom is -0.362 e. The molecule has 0 fully saturated rings. The summed E-state index contributed by atoms with van der Waals surface area (Å²) < 4.78 is 0. The van der Waals surface area contributed by atoms with Gasteiger partial charge < -0.3 is 10.2 Å². The van der Waals surface area contributed by atoms with Gasteiger partial charge in [0.25, 0.3) is 5.70 Å². The third-order valence-corrected chi connectivity index (χ3v) is 4.02. The fourth-order valence-electron chi connectivity index (χ4n) is 2.38. The second-order valence-electron chi connectivity index (χ2n) is 6.60. The average molecular weight is 340 g/mol. The van der Waals surface area contributed by atoms with E-state index in [1.54, 1.807) is 12.3 Å². The predicted octanol–water partition coefficient (Wildman–Crippen LogP) is 2.27. The molecule has 1 aromatic rings. The number of aromatic nitrogens is 1. The Morgan fingerprint density at radius 3 is 2.65 bits per heavy atom. The molecule has 1 aliphatic rings. The molecule has 8 heteroatoms. The number of nitrogens with one attached hydrogen (secondary N) is 1. The minimum atomic E-state index is -0.309. The van der Waals surface area contributed by atoms with Crippen molar-refractivity contribution in [3.63, 3.8) is 0 Å². The average Bonchev–Trinajstić information content (AvgIpc) is 2.45. The third-order valence-electron chi connectivity index (χ3n) is 3.80. The van der Waals surface area contributed by atoms with E-state index in [4.69, 9.17) is 11.6 Å². The summed E-state index contributed by atoms with van der Waals surface area (Å²) >= 11 is 5.76. The minimum absolute atomic E-state index is 0.138. The van der Waals surface area contributed by atoms with E-state index in [2.05, 4.69) is 36.0 Å². The maximum absolute atomic E-state index is 11.5. The number of hydrogen-bond donors (Lipinski definition) is 1. The van der Waals surface area contributed by atoms with Gasteiger partial charge in [0, 0.05) is 25.3 Å². The van der Waals surface area contributed by atoms with Gasteiger partial charge in [-0.2, -0.15) is 0 Å². The lowest BCUT2D eigenvalue weighted by Gasteiger charge is -2.41. The Morgan fingerprint density at radius 2 is 2.13 bits per heavy atom. The Balaban J connectivity index is 2.19. The lowest BCUT2D eigenvalue weighted by molar-refractivity contribution is -0.433. The summed E-state index contributed by atoms with van der Waals surface area (Å²) in [6.45, 7) is 7.55.